The predicted octanol–water partition coefficient (Wildman–Crippen LogP) is 5.46. The van der Waals surface area contributed by atoms with E-state index in [1.807, 2.05) is 11.5 Å². The number of carbonyl (C=O) groups is 1. The van der Waals surface area contributed by atoms with Crippen LogP contribution in [-0.4, -0.2) is 38.5 Å². The molecule has 0 bridgehead atoms. The monoisotopic (exact) mass is 503 g/mol. The van der Waals surface area contributed by atoms with Gasteiger partial charge in [0.15, 0.2) is 17.3 Å². The zero-order valence-corrected chi connectivity index (χ0v) is 20.7. The van der Waals surface area contributed by atoms with Crippen molar-refractivity contribution in [2.75, 3.05) is 17.7 Å². The molecule has 36 heavy (non-hydrogen) atoms. The minimum atomic E-state index is -1.05. The Hall–Kier alpha value is -3.37. The fourth-order valence-corrected chi connectivity index (χ4v) is 4.90. The highest BCUT2D eigenvalue weighted by atomic mass is 19.1. The number of hydrogen-bond acceptors (Lipinski definition) is 6. The normalized spacial score (nSPS) is 18.7. The minimum absolute atomic E-state index is 0.0260. The molecule has 1 amide bonds. The third-order valence-electron chi connectivity index (χ3n) is 6.81. The SMILES string of the molecule is CCC[C@H](CC)n1c(Nc2c(F)cc(F)cc2F)nc2cnc(NC3CCC(C(=O)NC)CC3)nc21. The van der Waals surface area contributed by atoms with Crippen LogP contribution in [0.2, 0.25) is 0 Å². The van der Waals surface area contributed by atoms with Crippen LogP contribution in [-0.2, 0) is 4.79 Å². The fourth-order valence-electron chi connectivity index (χ4n) is 4.90. The molecule has 2 aromatic heterocycles. The van der Waals surface area contributed by atoms with Gasteiger partial charge in [-0.1, -0.05) is 20.3 Å². The summed E-state index contributed by atoms with van der Waals surface area (Å²) >= 11 is 0. The van der Waals surface area contributed by atoms with E-state index in [0.717, 1.165) is 44.9 Å². The van der Waals surface area contributed by atoms with Crippen LogP contribution in [0, 0.1) is 23.4 Å². The van der Waals surface area contributed by atoms with Gasteiger partial charge in [0.1, 0.15) is 17.0 Å². The number of imidazole rings is 1. The maximum Gasteiger partial charge on any atom is 0.224 e. The fraction of sp³-hybridized carbons (Fsp3) is 0.520. The van der Waals surface area contributed by atoms with E-state index >= 15 is 0 Å². The van der Waals surface area contributed by atoms with Crippen LogP contribution >= 0.6 is 0 Å². The summed E-state index contributed by atoms with van der Waals surface area (Å²) < 4.78 is 44.1. The van der Waals surface area contributed by atoms with Gasteiger partial charge in [0, 0.05) is 37.2 Å². The number of aromatic nitrogens is 4. The van der Waals surface area contributed by atoms with Gasteiger partial charge in [-0.3, -0.25) is 9.36 Å². The van der Waals surface area contributed by atoms with Gasteiger partial charge < -0.3 is 16.0 Å². The van der Waals surface area contributed by atoms with Crippen molar-refractivity contribution in [3.63, 3.8) is 0 Å². The van der Waals surface area contributed by atoms with E-state index in [9.17, 15) is 18.0 Å². The standard InChI is InChI=1S/C25H32F3N7O/c1-4-6-17(5-2)35-22-20(32-25(35)33-21-18(27)11-15(26)12-19(21)28)13-30-24(34-22)31-16-9-7-14(8-10-16)23(36)29-3/h11-14,16-17H,4-10H2,1-3H3,(H,29,36)(H,32,33)(H,30,31,34)/t14?,16?,17-/m0/s1. The molecule has 0 radical (unpaired) electrons. The lowest BCUT2D eigenvalue weighted by Crippen LogP contribution is -2.34. The second kappa shape index (κ2) is 11.1. The van der Waals surface area contributed by atoms with Crippen LogP contribution in [0.4, 0.5) is 30.8 Å². The summed E-state index contributed by atoms with van der Waals surface area (Å²) in [6, 6.07) is 1.36. The molecule has 3 aromatic rings. The number of rotatable bonds is 9. The molecule has 4 rings (SSSR count). The molecule has 194 valence electrons. The Morgan fingerprint density at radius 1 is 1.11 bits per heavy atom. The minimum Gasteiger partial charge on any atom is -0.359 e. The maximum absolute atomic E-state index is 14.4. The molecule has 0 spiro atoms. The van der Waals surface area contributed by atoms with Gasteiger partial charge in [0.25, 0.3) is 0 Å². The molecule has 11 heteroatoms. The number of amides is 1. The van der Waals surface area contributed by atoms with Gasteiger partial charge in [-0.05, 0) is 38.5 Å². The van der Waals surface area contributed by atoms with Crippen molar-refractivity contribution in [2.45, 2.75) is 70.9 Å². The van der Waals surface area contributed by atoms with E-state index < -0.39 is 23.1 Å². The molecule has 0 saturated heterocycles. The lowest BCUT2D eigenvalue weighted by molar-refractivity contribution is -0.125. The van der Waals surface area contributed by atoms with Gasteiger partial charge >= 0.3 is 0 Å². The molecule has 1 saturated carbocycles. The van der Waals surface area contributed by atoms with Crippen molar-refractivity contribution in [1.29, 1.82) is 0 Å². The zero-order chi connectivity index (χ0) is 25.8. The third kappa shape index (κ3) is 5.39. The maximum atomic E-state index is 14.4. The number of fused-ring (bicyclic) bond motifs is 1. The Morgan fingerprint density at radius 3 is 2.42 bits per heavy atom. The van der Waals surface area contributed by atoms with Crippen LogP contribution in [0.5, 0.6) is 0 Å². The van der Waals surface area contributed by atoms with E-state index in [2.05, 4.69) is 32.8 Å². The summed E-state index contributed by atoms with van der Waals surface area (Å²) in [4.78, 5) is 25.6. The first-order valence-corrected chi connectivity index (χ1v) is 12.5. The molecule has 1 aromatic carbocycles. The third-order valence-corrected chi connectivity index (χ3v) is 6.81. The van der Waals surface area contributed by atoms with Gasteiger partial charge in [-0.2, -0.15) is 4.98 Å². The van der Waals surface area contributed by atoms with Crippen molar-refractivity contribution in [3.05, 3.63) is 35.8 Å². The zero-order valence-electron chi connectivity index (χ0n) is 20.7. The second-order valence-electron chi connectivity index (χ2n) is 9.24. The summed E-state index contributed by atoms with van der Waals surface area (Å²) in [7, 11) is 1.66. The molecule has 1 aliphatic rings. The molecule has 0 aliphatic heterocycles. The Morgan fingerprint density at radius 2 is 1.81 bits per heavy atom. The highest BCUT2D eigenvalue weighted by Gasteiger charge is 2.27. The van der Waals surface area contributed by atoms with E-state index in [4.69, 9.17) is 4.98 Å². The highest BCUT2D eigenvalue weighted by molar-refractivity contribution is 5.78. The number of hydrogen-bond donors (Lipinski definition) is 3. The number of halogens is 3. The second-order valence-corrected chi connectivity index (χ2v) is 9.24. The van der Waals surface area contributed by atoms with E-state index in [1.165, 1.54) is 0 Å². The largest absolute Gasteiger partial charge is 0.359 e. The first-order chi connectivity index (χ1) is 17.3. The topological polar surface area (TPSA) is 96.8 Å². The lowest BCUT2D eigenvalue weighted by atomic mass is 9.85. The number of anilines is 3. The molecular weight excluding hydrogens is 471 g/mol. The number of nitrogens with zero attached hydrogens (tertiary/aromatic N) is 4. The molecule has 3 N–H and O–H groups in total. The van der Waals surface area contributed by atoms with E-state index in [-0.39, 0.29) is 29.9 Å². The van der Waals surface area contributed by atoms with Crippen LogP contribution in [0.3, 0.4) is 0 Å². The summed E-state index contributed by atoms with van der Waals surface area (Å²) in [5.74, 6) is -2.33. The van der Waals surface area contributed by atoms with Gasteiger partial charge in [-0.25, -0.2) is 23.1 Å². The Kier molecular flexibility index (Phi) is 7.95. The number of nitrogens with one attached hydrogen (secondary N) is 3. The molecular formula is C25H32F3N7O. The van der Waals surface area contributed by atoms with Gasteiger partial charge in [-0.15, -0.1) is 0 Å². The average Bonchev–Trinajstić information content (AvgIpc) is 3.21. The van der Waals surface area contributed by atoms with Gasteiger partial charge in [0.05, 0.1) is 6.20 Å². The molecule has 1 atom stereocenters. The predicted molar refractivity (Wildman–Crippen MR) is 133 cm³/mol. The van der Waals surface area contributed by atoms with Crippen LogP contribution < -0.4 is 16.0 Å². The van der Waals surface area contributed by atoms with Gasteiger partial charge in [0.2, 0.25) is 17.8 Å². The number of benzene rings is 1. The van der Waals surface area contributed by atoms with Crippen molar-refractivity contribution < 1.29 is 18.0 Å². The Bertz CT molecular complexity index is 1200. The quantitative estimate of drug-likeness (QED) is 0.359. The molecule has 0 unspecified atom stereocenters. The Labute approximate surface area is 208 Å². The molecule has 8 nitrogen and oxygen atoms in total. The van der Waals surface area contributed by atoms with Crippen LogP contribution in [0.25, 0.3) is 11.2 Å². The van der Waals surface area contributed by atoms with E-state index in [0.29, 0.717) is 29.2 Å². The van der Waals surface area contributed by atoms with Crippen LogP contribution in [0.1, 0.15) is 64.8 Å². The first-order valence-electron chi connectivity index (χ1n) is 12.5. The smallest absolute Gasteiger partial charge is 0.224 e. The molecule has 1 fully saturated rings. The van der Waals surface area contributed by atoms with Crippen molar-refractivity contribution in [2.24, 2.45) is 5.92 Å². The summed E-state index contributed by atoms with van der Waals surface area (Å²) in [6.07, 6.45) is 7.24. The lowest BCUT2D eigenvalue weighted by Gasteiger charge is -2.28. The summed E-state index contributed by atoms with van der Waals surface area (Å²) in [6.45, 7) is 4.09. The first kappa shape index (κ1) is 25.7. The van der Waals surface area contributed by atoms with Crippen LogP contribution in [0.15, 0.2) is 18.3 Å². The van der Waals surface area contributed by atoms with E-state index in [1.54, 1.807) is 13.2 Å². The molecule has 2 heterocycles. The summed E-state index contributed by atoms with van der Waals surface area (Å²) in [5.41, 5.74) is 0.541. The number of carbonyl (C=O) groups excluding carboxylic acids is 1. The highest BCUT2D eigenvalue weighted by Crippen LogP contribution is 2.32. The average molecular weight is 504 g/mol. The summed E-state index contributed by atoms with van der Waals surface area (Å²) in [5, 5.41) is 8.82. The van der Waals surface area contributed by atoms with Crippen molar-refractivity contribution >= 4 is 34.7 Å². The Balaban J connectivity index is 1.65. The van der Waals surface area contributed by atoms with Crippen molar-refractivity contribution in [3.8, 4) is 0 Å². The molecule has 1 aliphatic carbocycles. The van der Waals surface area contributed by atoms with Crippen molar-refractivity contribution in [1.82, 2.24) is 24.8 Å².